The van der Waals surface area contributed by atoms with Crippen molar-refractivity contribution in [3.8, 4) is 0 Å². The van der Waals surface area contributed by atoms with Crippen LogP contribution >= 0.6 is 0 Å². The molecular formula is C14H19NO3. The van der Waals surface area contributed by atoms with Gasteiger partial charge in [-0.15, -0.1) is 6.58 Å². The summed E-state index contributed by atoms with van der Waals surface area (Å²) in [5, 5.41) is 0. The van der Waals surface area contributed by atoms with Crippen LogP contribution in [0.1, 0.15) is 24.6 Å². The number of furan rings is 1. The Morgan fingerprint density at radius 2 is 2.28 bits per heavy atom. The summed E-state index contributed by atoms with van der Waals surface area (Å²) in [6, 6.07) is 3.82. The second-order valence-electron chi connectivity index (χ2n) is 4.42. The Kier molecular flexibility index (Phi) is 4.73. The maximum atomic E-state index is 11.8. The first-order valence-corrected chi connectivity index (χ1v) is 6.29. The van der Waals surface area contributed by atoms with Gasteiger partial charge in [-0.2, -0.15) is 0 Å². The summed E-state index contributed by atoms with van der Waals surface area (Å²) in [5.41, 5.74) is 0. The molecule has 0 saturated carbocycles. The zero-order valence-corrected chi connectivity index (χ0v) is 10.5. The van der Waals surface area contributed by atoms with Crippen molar-refractivity contribution < 1.29 is 13.9 Å². The molecule has 0 aliphatic carbocycles. The van der Waals surface area contributed by atoms with Crippen molar-refractivity contribution in [3.05, 3.63) is 36.8 Å². The van der Waals surface area contributed by atoms with Gasteiger partial charge in [-0.3, -0.25) is 9.69 Å². The molecule has 4 nitrogen and oxygen atoms in total. The molecule has 4 heteroatoms. The smallest absolute Gasteiger partial charge is 0.138 e. The summed E-state index contributed by atoms with van der Waals surface area (Å²) in [4.78, 5) is 14.1. The number of nitrogens with zero attached hydrogens (tertiary/aromatic N) is 1. The monoisotopic (exact) mass is 249 g/mol. The molecule has 2 rings (SSSR count). The van der Waals surface area contributed by atoms with Crippen LogP contribution in [0.4, 0.5) is 0 Å². The van der Waals surface area contributed by atoms with E-state index in [0.717, 1.165) is 18.8 Å². The fourth-order valence-corrected chi connectivity index (χ4v) is 2.24. The first kappa shape index (κ1) is 13.1. The van der Waals surface area contributed by atoms with Gasteiger partial charge in [-0.1, -0.05) is 6.08 Å². The third-order valence-electron chi connectivity index (χ3n) is 3.15. The minimum Gasteiger partial charge on any atom is -0.468 e. The van der Waals surface area contributed by atoms with Gasteiger partial charge in [0.2, 0.25) is 0 Å². The number of carbonyl (C=O) groups is 1. The van der Waals surface area contributed by atoms with E-state index in [1.807, 2.05) is 12.1 Å². The molecule has 0 bridgehead atoms. The van der Waals surface area contributed by atoms with E-state index >= 15 is 0 Å². The molecule has 0 spiro atoms. The molecule has 1 aliphatic rings. The van der Waals surface area contributed by atoms with Gasteiger partial charge >= 0.3 is 0 Å². The van der Waals surface area contributed by atoms with Crippen LogP contribution in [0.25, 0.3) is 0 Å². The first-order chi connectivity index (χ1) is 8.81. The number of morpholine rings is 1. The molecule has 2 heterocycles. The molecule has 1 saturated heterocycles. The van der Waals surface area contributed by atoms with Crippen molar-refractivity contribution in [2.45, 2.75) is 18.9 Å². The molecule has 1 atom stereocenters. The Morgan fingerprint density at radius 3 is 2.89 bits per heavy atom. The van der Waals surface area contributed by atoms with E-state index < -0.39 is 0 Å². The van der Waals surface area contributed by atoms with Gasteiger partial charge < -0.3 is 9.15 Å². The van der Waals surface area contributed by atoms with Crippen LogP contribution in [-0.2, 0) is 9.53 Å². The summed E-state index contributed by atoms with van der Waals surface area (Å²) < 4.78 is 10.8. The average molecular weight is 249 g/mol. The summed E-state index contributed by atoms with van der Waals surface area (Å²) in [6.45, 7) is 6.72. The zero-order chi connectivity index (χ0) is 12.8. The van der Waals surface area contributed by atoms with Crippen molar-refractivity contribution in [2.24, 2.45) is 0 Å². The Bertz CT molecular complexity index is 380. The van der Waals surface area contributed by atoms with Crippen molar-refractivity contribution in [3.63, 3.8) is 0 Å². The van der Waals surface area contributed by atoms with Crippen LogP contribution < -0.4 is 0 Å². The summed E-state index contributed by atoms with van der Waals surface area (Å²) in [7, 11) is 0. The van der Waals surface area contributed by atoms with E-state index in [2.05, 4.69) is 11.5 Å². The predicted molar refractivity (Wildman–Crippen MR) is 68.3 cm³/mol. The minimum absolute atomic E-state index is 0.0244. The summed E-state index contributed by atoms with van der Waals surface area (Å²) in [5.74, 6) is 1.05. The van der Waals surface area contributed by atoms with Gasteiger partial charge in [-0.25, -0.2) is 0 Å². The lowest BCUT2D eigenvalue weighted by atomic mass is 10.0. The third-order valence-corrected chi connectivity index (χ3v) is 3.15. The average Bonchev–Trinajstić information content (AvgIpc) is 2.91. The Labute approximate surface area is 107 Å². The number of ketones is 1. The van der Waals surface area contributed by atoms with E-state index in [9.17, 15) is 4.79 Å². The highest BCUT2D eigenvalue weighted by Gasteiger charge is 2.26. The van der Waals surface area contributed by atoms with Crippen molar-refractivity contribution in [1.82, 2.24) is 4.90 Å². The van der Waals surface area contributed by atoms with E-state index in [1.54, 1.807) is 12.3 Å². The van der Waals surface area contributed by atoms with Crippen LogP contribution in [0.5, 0.6) is 0 Å². The van der Waals surface area contributed by atoms with Gasteiger partial charge in [-0.05, 0) is 12.1 Å². The highest BCUT2D eigenvalue weighted by molar-refractivity contribution is 5.80. The van der Waals surface area contributed by atoms with Gasteiger partial charge in [0.15, 0.2) is 0 Å². The van der Waals surface area contributed by atoms with Crippen LogP contribution in [0.15, 0.2) is 35.5 Å². The molecule has 18 heavy (non-hydrogen) atoms. The third kappa shape index (κ3) is 3.31. The Hall–Kier alpha value is -1.39. The molecule has 1 unspecified atom stereocenters. The topological polar surface area (TPSA) is 42.7 Å². The highest BCUT2D eigenvalue weighted by Crippen LogP contribution is 2.26. The largest absolute Gasteiger partial charge is 0.468 e. The lowest BCUT2D eigenvalue weighted by Crippen LogP contribution is -2.39. The van der Waals surface area contributed by atoms with Crippen LogP contribution in [0.3, 0.4) is 0 Å². The molecule has 1 aromatic heterocycles. The maximum Gasteiger partial charge on any atom is 0.138 e. The van der Waals surface area contributed by atoms with Crippen molar-refractivity contribution in [1.29, 1.82) is 0 Å². The standard InChI is InChI=1S/C14H19NO3/c1-2-4-12(16)11-13(14-5-3-8-18-14)15-6-9-17-10-7-15/h2-3,5,8,13H,1,4,6-7,9-11H2. The number of Topliss-reactive ketones (excluding diaryl/α,β-unsaturated/α-hetero) is 1. The Morgan fingerprint density at radius 1 is 1.50 bits per heavy atom. The summed E-state index contributed by atoms with van der Waals surface area (Å²) in [6.07, 6.45) is 4.20. The van der Waals surface area contributed by atoms with E-state index in [1.165, 1.54) is 0 Å². The minimum atomic E-state index is 0.0244. The number of ether oxygens (including phenoxy) is 1. The normalized spacial score (nSPS) is 18.4. The van der Waals surface area contributed by atoms with Crippen LogP contribution in [-0.4, -0.2) is 37.0 Å². The molecule has 0 radical (unpaired) electrons. The number of rotatable bonds is 6. The number of hydrogen-bond donors (Lipinski definition) is 0. The molecule has 98 valence electrons. The lowest BCUT2D eigenvalue weighted by Gasteiger charge is -2.33. The number of carbonyl (C=O) groups excluding carboxylic acids is 1. The van der Waals surface area contributed by atoms with Crippen LogP contribution in [0.2, 0.25) is 0 Å². The van der Waals surface area contributed by atoms with Crippen molar-refractivity contribution in [2.75, 3.05) is 26.3 Å². The van der Waals surface area contributed by atoms with Gasteiger partial charge in [0.25, 0.3) is 0 Å². The van der Waals surface area contributed by atoms with E-state index in [-0.39, 0.29) is 11.8 Å². The van der Waals surface area contributed by atoms with Crippen molar-refractivity contribution >= 4 is 5.78 Å². The molecule has 0 amide bonds. The maximum absolute atomic E-state index is 11.8. The second-order valence-corrected chi connectivity index (χ2v) is 4.42. The van der Waals surface area contributed by atoms with Gasteiger partial charge in [0, 0.05) is 25.9 Å². The number of hydrogen-bond acceptors (Lipinski definition) is 4. The molecular weight excluding hydrogens is 230 g/mol. The molecule has 1 aromatic rings. The second kappa shape index (κ2) is 6.52. The summed E-state index contributed by atoms with van der Waals surface area (Å²) >= 11 is 0. The first-order valence-electron chi connectivity index (χ1n) is 6.29. The Balaban J connectivity index is 2.07. The molecule has 1 aliphatic heterocycles. The van der Waals surface area contributed by atoms with Crippen LogP contribution in [0, 0.1) is 0 Å². The predicted octanol–water partition coefficient (Wildman–Crippen LogP) is 2.19. The number of allylic oxidation sites excluding steroid dienone is 1. The highest BCUT2D eigenvalue weighted by atomic mass is 16.5. The van der Waals surface area contributed by atoms with E-state index in [4.69, 9.17) is 9.15 Å². The zero-order valence-electron chi connectivity index (χ0n) is 10.5. The van der Waals surface area contributed by atoms with Gasteiger partial charge in [0.05, 0.1) is 25.5 Å². The van der Waals surface area contributed by atoms with Gasteiger partial charge in [0.1, 0.15) is 11.5 Å². The quantitative estimate of drug-likeness (QED) is 0.725. The molecule has 1 fully saturated rings. The molecule has 0 aromatic carbocycles. The fourth-order valence-electron chi connectivity index (χ4n) is 2.24. The lowest BCUT2D eigenvalue weighted by molar-refractivity contribution is -0.120. The van der Waals surface area contributed by atoms with E-state index in [0.29, 0.717) is 26.1 Å². The molecule has 0 N–H and O–H groups in total. The fraction of sp³-hybridized carbons (Fsp3) is 0.500. The SMILES string of the molecule is C=CCC(=O)CC(c1ccco1)N1CCOCC1.